The van der Waals surface area contributed by atoms with Crippen LogP contribution in [0.3, 0.4) is 0 Å². The predicted octanol–water partition coefficient (Wildman–Crippen LogP) is 3.30. The second-order valence-corrected chi connectivity index (χ2v) is 5.67. The first-order valence-corrected chi connectivity index (χ1v) is 7.23. The average Bonchev–Trinajstić information content (AvgIpc) is 2.76. The summed E-state index contributed by atoms with van der Waals surface area (Å²) < 4.78 is 5.90. The Balaban J connectivity index is 1.71. The van der Waals surface area contributed by atoms with E-state index < -0.39 is 0 Å². The summed E-state index contributed by atoms with van der Waals surface area (Å²) in [4.78, 5) is 0. The van der Waals surface area contributed by atoms with Crippen LogP contribution < -0.4 is 10.1 Å². The maximum Gasteiger partial charge on any atom is 0.123 e. The van der Waals surface area contributed by atoms with Crippen LogP contribution in [-0.4, -0.2) is 24.6 Å². The lowest BCUT2D eigenvalue weighted by atomic mass is 10.1. The topological polar surface area (TPSA) is 21.3 Å². The fourth-order valence-electron chi connectivity index (χ4n) is 2.29. The Hall–Kier alpha value is -0.730. The summed E-state index contributed by atoms with van der Waals surface area (Å²) in [7, 11) is 0. The predicted molar refractivity (Wildman–Crippen MR) is 76.7 cm³/mol. The number of hydrogen-bond donors (Lipinski definition) is 1. The summed E-state index contributed by atoms with van der Waals surface area (Å²) in [6.45, 7) is 6.12. The first-order valence-electron chi connectivity index (χ1n) is 6.80. The van der Waals surface area contributed by atoms with Crippen molar-refractivity contribution < 1.29 is 4.74 Å². The molecule has 3 heteroatoms. The highest BCUT2D eigenvalue weighted by atomic mass is 35.5. The Morgan fingerprint density at radius 2 is 2.33 bits per heavy atom. The van der Waals surface area contributed by atoms with Crippen LogP contribution in [0.25, 0.3) is 0 Å². The zero-order chi connectivity index (χ0) is 13.0. The van der Waals surface area contributed by atoms with E-state index in [1.807, 2.05) is 0 Å². The lowest BCUT2D eigenvalue weighted by Crippen LogP contribution is -2.31. The molecule has 2 rings (SSSR count). The van der Waals surface area contributed by atoms with Gasteiger partial charge in [-0.2, -0.15) is 0 Å². The molecule has 2 atom stereocenters. The number of hydrogen-bond acceptors (Lipinski definition) is 2. The van der Waals surface area contributed by atoms with Gasteiger partial charge in [-0.05, 0) is 37.9 Å². The highest BCUT2D eigenvalue weighted by Crippen LogP contribution is 2.29. The van der Waals surface area contributed by atoms with Crippen LogP contribution in [0, 0.1) is 6.92 Å². The number of benzene rings is 1. The van der Waals surface area contributed by atoms with Crippen LogP contribution >= 0.6 is 11.6 Å². The number of nitrogens with one attached hydrogen (secondary N) is 1. The van der Waals surface area contributed by atoms with Crippen molar-refractivity contribution in [2.24, 2.45) is 0 Å². The van der Waals surface area contributed by atoms with Gasteiger partial charge in [-0.15, -0.1) is 11.6 Å². The van der Waals surface area contributed by atoms with E-state index in [1.165, 1.54) is 11.1 Å². The molecule has 1 N–H and O–H groups in total. The molecule has 0 saturated carbocycles. The molecule has 1 aromatic carbocycles. The van der Waals surface area contributed by atoms with Gasteiger partial charge in [0, 0.05) is 18.3 Å². The van der Waals surface area contributed by atoms with Crippen molar-refractivity contribution >= 4 is 11.6 Å². The molecule has 2 nitrogen and oxygen atoms in total. The van der Waals surface area contributed by atoms with Crippen molar-refractivity contribution in [3.05, 3.63) is 29.3 Å². The summed E-state index contributed by atoms with van der Waals surface area (Å²) >= 11 is 6.08. The van der Waals surface area contributed by atoms with Crippen LogP contribution in [-0.2, 0) is 6.42 Å². The maximum atomic E-state index is 6.08. The zero-order valence-electron chi connectivity index (χ0n) is 11.2. The second kappa shape index (κ2) is 6.44. The van der Waals surface area contributed by atoms with Gasteiger partial charge < -0.3 is 10.1 Å². The fourth-order valence-corrected chi connectivity index (χ4v) is 2.40. The minimum absolute atomic E-state index is 0.275. The van der Waals surface area contributed by atoms with Crippen molar-refractivity contribution in [3.8, 4) is 5.75 Å². The molecule has 0 aliphatic carbocycles. The second-order valence-electron chi connectivity index (χ2n) is 5.05. The Morgan fingerprint density at radius 1 is 1.50 bits per heavy atom. The molecule has 2 unspecified atom stereocenters. The largest absolute Gasteiger partial charge is 0.488 e. The monoisotopic (exact) mass is 267 g/mol. The van der Waals surface area contributed by atoms with Gasteiger partial charge in [0.05, 0.1) is 0 Å². The number of ether oxygens (including phenoxy) is 1. The molecule has 0 fully saturated rings. The molecule has 1 aromatic rings. The SMILES string of the molecule is CCC(Cl)CCNCC1Cc2cc(C)ccc2O1. The molecule has 0 aromatic heterocycles. The standard InChI is InChI=1S/C15H22ClNO/c1-3-13(16)6-7-17-10-14-9-12-8-11(2)4-5-15(12)18-14/h4-5,8,13-14,17H,3,6-7,9-10H2,1-2H3. The molecule has 1 aliphatic rings. The Morgan fingerprint density at radius 3 is 3.11 bits per heavy atom. The van der Waals surface area contributed by atoms with E-state index in [-0.39, 0.29) is 6.10 Å². The van der Waals surface area contributed by atoms with Crippen LogP contribution in [0.1, 0.15) is 30.9 Å². The lowest BCUT2D eigenvalue weighted by Gasteiger charge is -2.12. The highest BCUT2D eigenvalue weighted by Gasteiger charge is 2.22. The number of alkyl halides is 1. The Bertz CT molecular complexity index is 394. The molecule has 0 amide bonds. The third kappa shape index (κ3) is 3.63. The minimum atomic E-state index is 0.275. The van der Waals surface area contributed by atoms with Crippen LogP contribution in [0.15, 0.2) is 18.2 Å². The molecule has 18 heavy (non-hydrogen) atoms. The third-order valence-corrected chi connectivity index (χ3v) is 3.93. The summed E-state index contributed by atoms with van der Waals surface area (Å²) in [5.41, 5.74) is 2.64. The normalized spacial score (nSPS) is 19.4. The van der Waals surface area contributed by atoms with E-state index in [0.29, 0.717) is 5.38 Å². The van der Waals surface area contributed by atoms with Crippen LogP contribution in [0.2, 0.25) is 0 Å². The maximum absolute atomic E-state index is 6.08. The Kier molecular flexibility index (Phi) is 4.90. The molecule has 0 spiro atoms. The average molecular weight is 268 g/mol. The van der Waals surface area contributed by atoms with Gasteiger partial charge in [0.25, 0.3) is 0 Å². The number of aryl methyl sites for hydroxylation is 1. The summed E-state index contributed by atoms with van der Waals surface area (Å²) in [5, 5.41) is 3.73. The van der Waals surface area contributed by atoms with Gasteiger partial charge >= 0.3 is 0 Å². The molecule has 0 radical (unpaired) electrons. The zero-order valence-corrected chi connectivity index (χ0v) is 12.0. The fraction of sp³-hybridized carbons (Fsp3) is 0.600. The number of halogens is 1. The van der Waals surface area contributed by atoms with Gasteiger partial charge in [-0.25, -0.2) is 0 Å². The van der Waals surface area contributed by atoms with Gasteiger partial charge in [0.15, 0.2) is 0 Å². The molecular weight excluding hydrogens is 246 g/mol. The number of rotatable bonds is 6. The lowest BCUT2D eigenvalue weighted by molar-refractivity contribution is 0.227. The molecular formula is C15H22ClNO. The molecule has 0 bridgehead atoms. The van der Waals surface area contributed by atoms with Gasteiger partial charge in [0.2, 0.25) is 0 Å². The van der Waals surface area contributed by atoms with Crippen molar-refractivity contribution in [3.63, 3.8) is 0 Å². The van der Waals surface area contributed by atoms with E-state index in [0.717, 1.165) is 38.1 Å². The van der Waals surface area contributed by atoms with Crippen molar-refractivity contribution in [1.29, 1.82) is 0 Å². The van der Waals surface area contributed by atoms with Crippen molar-refractivity contribution in [1.82, 2.24) is 5.32 Å². The van der Waals surface area contributed by atoms with E-state index in [9.17, 15) is 0 Å². The quantitative estimate of drug-likeness (QED) is 0.631. The van der Waals surface area contributed by atoms with Crippen LogP contribution in [0.5, 0.6) is 5.75 Å². The van der Waals surface area contributed by atoms with E-state index in [2.05, 4.69) is 37.4 Å². The summed E-state index contributed by atoms with van der Waals surface area (Å²) in [6.07, 6.45) is 3.35. The van der Waals surface area contributed by atoms with E-state index >= 15 is 0 Å². The van der Waals surface area contributed by atoms with Gasteiger partial charge in [-0.3, -0.25) is 0 Å². The smallest absolute Gasteiger partial charge is 0.123 e. The molecule has 1 aliphatic heterocycles. The van der Waals surface area contributed by atoms with Gasteiger partial charge in [0.1, 0.15) is 11.9 Å². The third-order valence-electron chi connectivity index (χ3n) is 3.41. The van der Waals surface area contributed by atoms with Crippen LogP contribution in [0.4, 0.5) is 0 Å². The Labute approximate surface area is 115 Å². The highest BCUT2D eigenvalue weighted by molar-refractivity contribution is 6.20. The molecule has 0 saturated heterocycles. The van der Waals surface area contributed by atoms with E-state index in [4.69, 9.17) is 16.3 Å². The first kappa shape index (κ1) is 13.7. The van der Waals surface area contributed by atoms with Crippen molar-refractivity contribution in [2.45, 2.75) is 44.6 Å². The number of fused-ring (bicyclic) bond motifs is 1. The summed E-state index contributed by atoms with van der Waals surface area (Å²) in [6, 6.07) is 6.41. The minimum Gasteiger partial charge on any atom is -0.488 e. The summed E-state index contributed by atoms with van der Waals surface area (Å²) in [5.74, 6) is 1.05. The first-order chi connectivity index (χ1) is 8.69. The van der Waals surface area contributed by atoms with E-state index in [1.54, 1.807) is 0 Å². The van der Waals surface area contributed by atoms with Crippen molar-refractivity contribution in [2.75, 3.05) is 13.1 Å². The molecule has 1 heterocycles. The van der Waals surface area contributed by atoms with Gasteiger partial charge in [-0.1, -0.05) is 24.6 Å². The molecule has 100 valence electrons.